The summed E-state index contributed by atoms with van der Waals surface area (Å²) in [6.45, 7) is 3.35. The molecule has 0 amide bonds. The monoisotopic (exact) mass is 257 g/mol. The van der Waals surface area contributed by atoms with Gasteiger partial charge in [0.05, 0.1) is 4.92 Å². The van der Waals surface area contributed by atoms with Gasteiger partial charge in [0, 0.05) is 30.0 Å². The number of alkyl halides is 2. The molecule has 1 aromatic rings. The normalized spacial score (nSPS) is 11.0. The molecule has 0 bridgehead atoms. The first kappa shape index (κ1) is 14.2. The average molecular weight is 257 g/mol. The second-order valence-electron chi connectivity index (χ2n) is 4.24. The van der Waals surface area contributed by atoms with Crippen LogP contribution in [0.1, 0.15) is 31.4 Å². The predicted octanol–water partition coefficient (Wildman–Crippen LogP) is 3.30. The van der Waals surface area contributed by atoms with Gasteiger partial charge in [0.2, 0.25) is 0 Å². The van der Waals surface area contributed by atoms with Crippen LogP contribution in [0.4, 0.5) is 14.5 Å². The number of carbonyl (C=O) groups is 1. The molecule has 0 saturated carbocycles. The minimum absolute atomic E-state index is 0.130. The molecule has 0 atom stereocenters. The van der Waals surface area contributed by atoms with Gasteiger partial charge in [-0.15, -0.1) is 0 Å². The van der Waals surface area contributed by atoms with Crippen LogP contribution in [0.5, 0.6) is 0 Å². The van der Waals surface area contributed by atoms with Crippen molar-refractivity contribution in [3.63, 3.8) is 0 Å². The molecule has 1 rings (SSSR count). The largest absolute Gasteiger partial charge is 0.299 e. The van der Waals surface area contributed by atoms with Gasteiger partial charge in [0.15, 0.2) is 0 Å². The molecule has 98 valence electrons. The van der Waals surface area contributed by atoms with Crippen molar-refractivity contribution < 1.29 is 18.5 Å². The number of Topliss-reactive ketones (excluding diaryl/α,β-unsaturated/α-hetero) is 1. The number of hydrogen-bond donors (Lipinski definition) is 0. The van der Waals surface area contributed by atoms with Gasteiger partial charge in [-0.25, -0.2) is 8.78 Å². The number of non-ortho nitro benzene ring substituents is 1. The SMILES string of the molecule is CC(C)C(=O)Cc1ccc([N+](=O)[O-])cc1C(F)F. The molecule has 0 radical (unpaired) electrons. The van der Waals surface area contributed by atoms with E-state index in [0.29, 0.717) is 0 Å². The number of benzene rings is 1. The molecule has 1 aromatic carbocycles. The molecule has 0 aliphatic carbocycles. The molecule has 0 unspecified atom stereocenters. The van der Waals surface area contributed by atoms with E-state index in [1.54, 1.807) is 13.8 Å². The Kier molecular flexibility index (Phi) is 4.47. The Hall–Kier alpha value is -1.85. The second kappa shape index (κ2) is 5.66. The maximum absolute atomic E-state index is 12.8. The Balaban J connectivity index is 3.12. The first-order chi connectivity index (χ1) is 8.32. The van der Waals surface area contributed by atoms with Crippen LogP contribution in [0.25, 0.3) is 0 Å². The maximum Gasteiger partial charge on any atom is 0.269 e. The zero-order valence-corrected chi connectivity index (χ0v) is 10.0. The number of halogens is 2. The van der Waals surface area contributed by atoms with Crippen molar-refractivity contribution in [2.24, 2.45) is 5.92 Å². The van der Waals surface area contributed by atoms with E-state index in [1.807, 2.05) is 0 Å². The molecule has 6 heteroatoms. The van der Waals surface area contributed by atoms with E-state index in [1.165, 1.54) is 6.07 Å². The summed E-state index contributed by atoms with van der Waals surface area (Å²) in [5.41, 5.74) is -0.696. The van der Waals surface area contributed by atoms with Crippen LogP contribution < -0.4 is 0 Å². The quantitative estimate of drug-likeness (QED) is 0.600. The number of rotatable bonds is 5. The zero-order valence-electron chi connectivity index (χ0n) is 10.0. The summed E-state index contributed by atoms with van der Waals surface area (Å²) in [5, 5.41) is 10.5. The molecule has 0 aliphatic heterocycles. The van der Waals surface area contributed by atoms with E-state index in [4.69, 9.17) is 0 Å². The van der Waals surface area contributed by atoms with E-state index in [-0.39, 0.29) is 23.7 Å². The third-order valence-corrected chi connectivity index (χ3v) is 2.58. The third kappa shape index (κ3) is 3.32. The van der Waals surface area contributed by atoms with Gasteiger partial charge >= 0.3 is 0 Å². The highest BCUT2D eigenvalue weighted by Crippen LogP contribution is 2.28. The van der Waals surface area contributed by atoms with Crippen LogP contribution in [0.3, 0.4) is 0 Å². The lowest BCUT2D eigenvalue weighted by atomic mass is 9.97. The fourth-order valence-electron chi connectivity index (χ4n) is 1.45. The van der Waals surface area contributed by atoms with Crippen LogP contribution in [0.15, 0.2) is 18.2 Å². The van der Waals surface area contributed by atoms with Crippen LogP contribution in [0, 0.1) is 16.0 Å². The summed E-state index contributed by atoms with van der Waals surface area (Å²) in [6.07, 6.45) is -2.96. The van der Waals surface area contributed by atoms with Crippen molar-refractivity contribution in [2.75, 3.05) is 0 Å². The summed E-state index contributed by atoms with van der Waals surface area (Å²) < 4.78 is 25.6. The third-order valence-electron chi connectivity index (χ3n) is 2.58. The van der Waals surface area contributed by atoms with Gasteiger partial charge < -0.3 is 0 Å². The number of nitro groups is 1. The van der Waals surface area contributed by atoms with E-state index >= 15 is 0 Å². The van der Waals surface area contributed by atoms with Gasteiger partial charge in [-0.3, -0.25) is 14.9 Å². The molecule has 0 aliphatic rings. The van der Waals surface area contributed by atoms with E-state index in [2.05, 4.69) is 0 Å². The maximum atomic E-state index is 12.8. The number of nitrogens with zero attached hydrogens (tertiary/aromatic N) is 1. The standard InChI is InChI=1S/C12H13F2NO3/c1-7(2)11(16)5-8-3-4-9(15(17)18)6-10(8)12(13)14/h3-4,6-7,12H,5H2,1-2H3. The lowest BCUT2D eigenvalue weighted by Crippen LogP contribution is -2.12. The molecule has 0 saturated heterocycles. The van der Waals surface area contributed by atoms with Crippen LogP contribution in [-0.4, -0.2) is 10.7 Å². The minimum Gasteiger partial charge on any atom is -0.299 e. The summed E-state index contributed by atoms with van der Waals surface area (Å²) >= 11 is 0. The van der Waals surface area contributed by atoms with Gasteiger partial charge in [-0.2, -0.15) is 0 Å². The van der Waals surface area contributed by atoms with Crippen LogP contribution >= 0.6 is 0 Å². The molecule has 4 nitrogen and oxygen atoms in total. The Morgan fingerprint density at radius 1 is 1.39 bits per heavy atom. The highest BCUT2D eigenvalue weighted by Gasteiger charge is 2.20. The summed E-state index contributed by atoms with van der Waals surface area (Å²) in [6, 6.07) is 3.18. The second-order valence-corrected chi connectivity index (χ2v) is 4.24. The van der Waals surface area contributed by atoms with Crippen molar-refractivity contribution in [2.45, 2.75) is 26.7 Å². The zero-order chi connectivity index (χ0) is 13.9. The molecular formula is C12H13F2NO3. The number of carbonyl (C=O) groups excluding carboxylic acids is 1. The molecule has 18 heavy (non-hydrogen) atoms. The molecule has 0 heterocycles. The van der Waals surface area contributed by atoms with E-state index in [0.717, 1.165) is 12.1 Å². The van der Waals surface area contributed by atoms with Crippen molar-refractivity contribution in [1.29, 1.82) is 0 Å². The number of nitro benzene ring substituents is 1. The Bertz CT molecular complexity index is 472. The lowest BCUT2D eigenvalue weighted by Gasteiger charge is -2.09. The van der Waals surface area contributed by atoms with Crippen LogP contribution in [-0.2, 0) is 11.2 Å². The molecule has 0 aromatic heterocycles. The fraction of sp³-hybridized carbons (Fsp3) is 0.417. The highest BCUT2D eigenvalue weighted by molar-refractivity contribution is 5.83. The van der Waals surface area contributed by atoms with Crippen LogP contribution in [0.2, 0.25) is 0 Å². The summed E-state index contributed by atoms with van der Waals surface area (Å²) in [4.78, 5) is 21.3. The summed E-state index contributed by atoms with van der Waals surface area (Å²) in [7, 11) is 0. The lowest BCUT2D eigenvalue weighted by molar-refractivity contribution is -0.385. The average Bonchev–Trinajstić information content (AvgIpc) is 2.28. The smallest absolute Gasteiger partial charge is 0.269 e. The van der Waals surface area contributed by atoms with Gasteiger partial charge in [-0.05, 0) is 5.56 Å². The highest BCUT2D eigenvalue weighted by atomic mass is 19.3. The van der Waals surface area contributed by atoms with Gasteiger partial charge in [-0.1, -0.05) is 19.9 Å². The van der Waals surface area contributed by atoms with Gasteiger partial charge in [0.25, 0.3) is 12.1 Å². The molecule has 0 spiro atoms. The van der Waals surface area contributed by atoms with E-state index in [9.17, 15) is 23.7 Å². The Morgan fingerprint density at radius 2 is 2.00 bits per heavy atom. The van der Waals surface area contributed by atoms with Crippen molar-refractivity contribution in [1.82, 2.24) is 0 Å². The fourth-order valence-corrected chi connectivity index (χ4v) is 1.45. The predicted molar refractivity (Wildman–Crippen MR) is 61.6 cm³/mol. The molecule has 0 fully saturated rings. The number of ketones is 1. The first-order valence-electron chi connectivity index (χ1n) is 5.41. The van der Waals surface area contributed by atoms with Crippen molar-refractivity contribution in [3.8, 4) is 0 Å². The Labute approximate surface area is 103 Å². The van der Waals surface area contributed by atoms with Crippen molar-refractivity contribution in [3.05, 3.63) is 39.4 Å². The molecule has 0 N–H and O–H groups in total. The van der Waals surface area contributed by atoms with Crippen molar-refractivity contribution >= 4 is 11.5 Å². The topological polar surface area (TPSA) is 60.2 Å². The minimum atomic E-state index is -2.83. The summed E-state index contributed by atoms with van der Waals surface area (Å²) in [5.74, 6) is -0.434. The van der Waals surface area contributed by atoms with E-state index < -0.39 is 22.6 Å². The number of hydrogen-bond acceptors (Lipinski definition) is 3. The molecular weight excluding hydrogens is 244 g/mol. The van der Waals surface area contributed by atoms with Gasteiger partial charge in [0.1, 0.15) is 5.78 Å². The Morgan fingerprint density at radius 3 is 2.44 bits per heavy atom. The first-order valence-corrected chi connectivity index (χ1v) is 5.41.